The number of benzene rings is 1. The molecule has 3 aromatic heterocycles. The van der Waals surface area contributed by atoms with E-state index >= 15 is 0 Å². The largest absolute Gasteiger partial charge is 0.481 e. The number of amides is 1. The zero-order valence-corrected chi connectivity index (χ0v) is 16.8. The number of carbonyl (C=O) groups excluding carboxylic acids is 2. The van der Waals surface area contributed by atoms with Crippen LogP contribution >= 0.6 is 11.3 Å². The number of thiophene rings is 1. The Labute approximate surface area is 175 Å². The fourth-order valence-electron chi connectivity index (χ4n) is 2.85. The lowest BCUT2D eigenvalue weighted by Gasteiger charge is -2.07. The van der Waals surface area contributed by atoms with Crippen molar-refractivity contribution in [3.63, 3.8) is 0 Å². The van der Waals surface area contributed by atoms with Crippen molar-refractivity contribution in [2.45, 2.75) is 13.3 Å². The van der Waals surface area contributed by atoms with Crippen molar-refractivity contribution in [1.82, 2.24) is 14.6 Å². The van der Waals surface area contributed by atoms with Crippen LogP contribution in [-0.2, 0) is 16.0 Å². The van der Waals surface area contributed by atoms with Crippen LogP contribution in [0.3, 0.4) is 0 Å². The molecule has 9 heteroatoms. The third-order valence-electron chi connectivity index (χ3n) is 3.99. The maximum absolute atomic E-state index is 12.7. The van der Waals surface area contributed by atoms with E-state index in [-0.39, 0.29) is 18.1 Å². The lowest BCUT2D eigenvalue weighted by molar-refractivity contribution is -0.134. The van der Waals surface area contributed by atoms with Crippen LogP contribution in [0.5, 0.6) is 0 Å². The van der Waals surface area contributed by atoms with Gasteiger partial charge in [-0.05, 0) is 29.1 Å². The van der Waals surface area contributed by atoms with E-state index < -0.39 is 5.97 Å². The van der Waals surface area contributed by atoms with E-state index in [1.54, 1.807) is 23.0 Å². The van der Waals surface area contributed by atoms with Crippen LogP contribution in [-0.4, -0.2) is 37.4 Å². The summed E-state index contributed by atoms with van der Waals surface area (Å²) in [4.78, 5) is 37.8. The first-order chi connectivity index (χ1) is 14.4. The van der Waals surface area contributed by atoms with Gasteiger partial charge in [-0.1, -0.05) is 24.3 Å². The standard InChI is InChI=1S/C19H14N4O2S.C2H4O2/c20-17(24)10-12-3-1-4-13(9-12)15-6-7-21-19-14(11-22-23(15)19)18(25)16-5-2-8-26-16;1-2(3)4/h1-9,11H,10H2,(H2,20,24);1H3,(H,3,4). The number of aromatic nitrogens is 3. The Balaban J connectivity index is 0.000000589. The highest BCUT2D eigenvalue weighted by atomic mass is 32.1. The summed E-state index contributed by atoms with van der Waals surface area (Å²) in [5.74, 6) is -1.31. The van der Waals surface area contributed by atoms with E-state index in [2.05, 4.69) is 10.1 Å². The van der Waals surface area contributed by atoms with Gasteiger partial charge in [0.1, 0.15) is 0 Å². The molecular formula is C21H18N4O4S. The second kappa shape index (κ2) is 9.10. The van der Waals surface area contributed by atoms with Crippen molar-refractivity contribution >= 4 is 34.6 Å². The molecule has 0 saturated heterocycles. The Morgan fingerprint density at radius 3 is 2.60 bits per heavy atom. The van der Waals surface area contributed by atoms with E-state index in [4.69, 9.17) is 15.6 Å². The fourth-order valence-corrected chi connectivity index (χ4v) is 3.53. The molecule has 0 bridgehead atoms. The monoisotopic (exact) mass is 422 g/mol. The number of carboxylic acids is 1. The number of primary amides is 1. The Hall–Kier alpha value is -3.85. The quantitative estimate of drug-likeness (QED) is 0.476. The molecule has 3 heterocycles. The molecule has 0 aliphatic heterocycles. The van der Waals surface area contributed by atoms with Gasteiger partial charge in [-0.15, -0.1) is 11.3 Å². The van der Waals surface area contributed by atoms with Crippen molar-refractivity contribution < 1.29 is 19.5 Å². The summed E-state index contributed by atoms with van der Waals surface area (Å²) in [7, 11) is 0. The van der Waals surface area contributed by atoms with Crippen LogP contribution in [0.4, 0.5) is 0 Å². The summed E-state index contributed by atoms with van der Waals surface area (Å²) >= 11 is 1.39. The van der Waals surface area contributed by atoms with E-state index in [0.717, 1.165) is 23.7 Å². The lowest BCUT2D eigenvalue weighted by Crippen LogP contribution is -2.13. The molecule has 3 N–H and O–H groups in total. The van der Waals surface area contributed by atoms with Crippen LogP contribution in [0.15, 0.2) is 60.2 Å². The second-order valence-corrected chi connectivity index (χ2v) is 7.24. The van der Waals surface area contributed by atoms with Crippen LogP contribution < -0.4 is 5.73 Å². The smallest absolute Gasteiger partial charge is 0.300 e. The Kier molecular flexibility index (Phi) is 6.33. The number of nitrogens with two attached hydrogens (primary N) is 1. The van der Waals surface area contributed by atoms with E-state index in [1.807, 2.05) is 41.8 Å². The Morgan fingerprint density at radius 2 is 1.93 bits per heavy atom. The predicted octanol–water partition coefficient (Wildman–Crippen LogP) is 2.81. The number of hydrogen-bond acceptors (Lipinski definition) is 6. The van der Waals surface area contributed by atoms with Gasteiger partial charge >= 0.3 is 0 Å². The van der Waals surface area contributed by atoms with E-state index in [0.29, 0.717) is 16.1 Å². The molecule has 4 rings (SSSR count). The van der Waals surface area contributed by atoms with Gasteiger partial charge in [0.15, 0.2) is 5.65 Å². The van der Waals surface area contributed by atoms with Crippen LogP contribution in [0.1, 0.15) is 27.7 Å². The summed E-state index contributed by atoms with van der Waals surface area (Å²) in [6.07, 6.45) is 3.36. The van der Waals surface area contributed by atoms with Gasteiger partial charge in [-0.2, -0.15) is 5.10 Å². The van der Waals surface area contributed by atoms with Crippen molar-refractivity contribution in [3.05, 3.63) is 76.2 Å². The maximum Gasteiger partial charge on any atom is 0.300 e. The molecule has 1 aromatic carbocycles. The van der Waals surface area contributed by atoms with Gasteiger partial charge < -0.3 is 10.8 Å². The number of fused-ring (bicyclic) bond motifs is 1. The Morgan fingerprint density at radius 1 is 1.17 bits per heavy atom. The molecule has 0 aliphatic carbocycles. The number of nitrogens with zero attached hydrogens (tertiary/aromatic N) is 3. The van der Waals surface area contributed by atoms with Crippen LogP contribution in [0, 0.1) is 0 Å². The summed E-state index contributed by atoms with van der Waals surface area (Å²) in [6, 6.07) is 13.0. The predicted molar refractivity (Wildman–Crippen MR) is 112 cm³/mol. The molecule has 4 aromatic rings. The molecule has 0 saturated carbocycles. The maximum atomic E-state index is 12.7. The molecule has 1 amide bonds. The average Bonchev–Trinajstić information content (AvgIpc) is 3.36. The zero-order valence-electron chi connectivity index (χ0n) is 16.0. The molecule has 0 spiro atoms. The highest BCUT2D eigenvalue weighted by molar-refractivity contribution is 7.12. The van der Waals surface area contributed by atoms with Crippen molar-refractivity contribution in [2.24, 2.45) is 5.73 Å². The number of carbonyl (C=O) groups is 3. The van der Waals surface area contributed by atoms with E-state index in [1.165, 1.54) is 11.3 Å². The number of rotatable bonds is 5. The van der Waals surface area contributed by atoms with Gasteiger partial charge in [-0.25, -0.2) is 9.50 Å². The summed E-state index contributed by atoms with van der Waals surface area (Å²) in [5, 5.41) is 13.6. The molecule has 0 atom stereocenters. The number of hydrogen-bond donors (Lipinski definition) is 2. The van der Waals surface area contributed by atoms with Gasteiger partial charge in [0.2, 0.25) is 11.7 Å². The molecular weight excluding hydrogens is 404 g/mol. The minimum atomic E-state index is -0.833. The SMILES string of the molecule is CC(=O)O.NC(=O)Cc1cccc(-c2ccnc3c(C(=O)c4cccs4)cnn23)c1. The molecule has 0 unspecified atom stereocenters. The first-order valence-corrected chi connectivity index (χ1v) is 9.73. The van der Waals surface area contributed by atoms with Gasteiger partial charge in [0.05, 0.1) is 28.8 Å². The second-order valence-electron chi connectivity index (χ2n) is 6.29. The lowest BCUT2D eigenvalue weighted by atomic mass is 10.1. The van der Waals surface area contributed by atoms with E-state index in [9.17, 15) is 9.59 Å². The summed E-state index contributed by atoms with van der Waals surface area (Å²) in [5.41, 5.74) is 8.72. The highest BCUT2D eigenvalue weighted by Gasteiger charge is 2.18. The van der Waals surface area contributed by atoms with Crippen LogP contribution in [0.25, 0.3) is 16.9 Å². The summed E-state index contributed by atoms with van der Waals surface area (Å²) < 4.78 is 1.64. The number of aliphatic carboxylic acids is 1. The van der Waals surface area contributed by atoms with Crippen molar-refractivity contribution in [1.29, 1.82) is 0 Å². The first-order valence-electron chi connectivity index (χ1n) is 8.85. The molecule has 0 fully saturated rings. The fraction of sp³-hybridized carbons (Fsp3) is 0.0952. The molecule has 0 aliphatic rings. The first kappa shape index (κ1) is 20.9. The van der Waals surface area contributed by atoms with Crippen molar-refractivity contribution in [2.75, 3.05) is 0 Å². The third kappa shape index (κ3) is 4.76. The molecule has 152 valence electrons. The van der Waals surface area contributed by atoms with Gasteiger partial charge in [-0.3, -0.25) is 14.4 Å². The van der Waals surface area contributed by atoms with Crippen molar-refractivity contribution in [3.8, 4) is 11.3 Å². The normalized spacial score (nSPS) is 10.3. The number of ketones is 1. The molecule has 8 nitrogen and oxygen atoms in total. The highest BCUT2D eigenvalue weighted by Crippen LogP contribution is 2.24. The van der Waals surface area contributed by atoms with Gasteiger partial charge in [0.25, 0.3) is 5.97 Å². The van der Waals surface area contributed by atoms with Gasteiger partial charge in [0, 0.05) is 18.7 Å². The average molecular weight is 422 g/mol. The summed E-state index contributed by atoms with van der Waals surface area (Å²) in [6.45, 7) is 1.08. The number of carboxylic acid groups (broad SMARTS) is 1. The van der Waals surface area contributed by atoms with Crippen LogP contribution in [0.2, 0.25) is 0 Å². The zero-order chi connectivity index (χ0) is 21.7. The molecule has 30 heavy (non-hydrogen) atoms. The topological polar surface area (TPSA) is 128 Å². The third-order valence-corrected chi connectivity index (χ3v) is 4.86. The molecule has 0 radical (unpaired) electrons. The Bertz CT molecular complexity index is 1210. The minimum Gasteiger partial charge on any atom is -0.481 e. The minimum absolute atomic E-state index is 0.0953.